The van der Waals surface area contributed by atoms with E-state index in [2.05, 4.69) is 43.1 Å². The molecule has 3 atom stereocenters. The summed E-state index contributed by atoms with van der Waals surface area (Å²) in [5.74, 6) is 2.62. The maximum atomic E-state index is 10.2. The number of fused-ring (bicyclic) bond motifs is 1. The highest BCUT2D eigenvalue weighted by atomic mass is 16.5. The van der Waals surface area contributed by atoms with Crippen molar-refractivity contribution in [2.24, 2.45) is 5.92 Å². The first-order valence-electron chi connectivity index (χ1n) is 13.6. The first kappa shape index (κ1) is 26.1. The largest absolute Gasteiger partial charge is 0.508 e. The SMILES string of the molecule is CC1=C(c2cccc(O)c2)C(c2ccc(OC[C@H](C)N3CC[C@@H](C)C3)cc2)Oc2cc(NCCO)ccc21. The monoisotopic (exact) mass is 514 g/mol. The number of likely N-dealkylation sites (tertiary alicyclic amines) is 1. The molecule has 1 unspecified atom stereocenters. The number of hydrogen-bond acceptors (Lipinski definition) is 6. The molecular formula is C32H38N2O4. The zero-order chi connectivity index (χ0) is 26.6. The van der Waals surface area contributed by atoms with Gasteiger partial charge in [-0.3, -0.25) is 4.90 Å². The van der Waals surface area contributed by atoms with Gasteiger partial charge in [0.15, 0.2) is 0 Å². The molecule has 6 nitrogen and oxygen atoms in total. The molecule has 3 N–H and O–H groups in total. The van der Waals surface area contributed by atoms with Crippen LogP contribution in [0.25, 0.3) is 11.1 Å². The topological polar surface area (TPSA) is 74.2 Å². The molecule has 5 rings (SSSR count). The minimum absolute atomic E-state index is 0.0610. The summed E-state index contributed by atoms with van der Waals surface area (Å²) in [6.45, 7) is 10.1. The zero-order valence-electron chi connectivity index (χ0n) is 22.5. The second kappa shape index (κ2) is 11.5. The zero-order valence-corrected chi connectivity index (χ0v) is 22.5. The number of phenols is 1. The van der Waals surface area contributed by atoms with E-state index < -0.39 is 0 Å². The van der Waals surface area contributed by atoms with Crippen LogP contribution in [0, 0.1) is 5.92 Å². The first-order valence-corrected chi connectivity index (χ1v) is 13.6. The van der Waals surface area contributed by atoms with Crippen molar-refractivity contribution < 1.29 is 19.7 Å². The molecule has 0 aromatic heterocycles. The number of hydrogen-bond donors (Lipinski definition) is 3. The second-order valence-corrected chi connectivity index (χ2v) is 10.6. The molecule has 0 aliphatic carbocycles. The third kappa shape index (κ3) is 5.66. The van der Waals surface area contributed by atoms with E-state index in [1.54, 1.807) is 12.1 Å². The van der Waals surface area contributed by atoms with Gasteiger partial charge in [0.1, 0.15) is 30.0 Å². The van der Waals surface area contributed by atoms with E-state index >= 15 is 0 Å². The molecule has 1 saturated heterocycles. The van der Waals surface area contributed by atoms with E-state index in [-0.39, 0.29) is 18.5 Å². The van der Waals surface area contributed by atoms with Crippen molar-refractivity contribution in [3.05, 3.63) is 83.4 Å². The molecule has 200 valence electrons. The van der Waals surface area contributed by atoms with Gasteiger partial charge in [0.05, 0.1) is 6.61 Å². The van der Waals surface area contributed by atoms with Gasteiger partial charge in [0.25, 0.3) is 0 Å². The number of allylic oxidation sites excluding steroid dienone is 1. The van der Waals surface area contributed by atoms with Gasteiger partial charge < -0.3 is 25.0 Å². The molecule has 2 aliphatic rings. The van der Waals surface area contributed by atoms with E-state index in [1.165, 1.54) is 6.42 Å². The Morgan fingerprint density at radius 3 is 2.63 bits per heavy atom. The Morgan fingerprint density at radius 1 is 1.11 bits per heavy atom. The van der Waals surface area contributed by atoms with E-state index in [1.807, 2.05) is 42.5 Å². The van der Waals surface area contributed by atoms with Gasteiger partial charge in [-0.25, -0.2) is 0 Å². The number of aliphatic hydroxyl groups excluding tert-OH is 1. The van der Waals surface area contributed by atoms with E-state index in [0.29, 0.717) is 19.2 Å². The Balaban J connectivity index is 1.41. The fraction of sp³-hybridized carbons (Fsp3) is 0.375. The number of ether oxygens (including phenoxy) is 2. The maximum Gasteiger partial charge on any atom is 0.150 e. The van der Waals surface area contributed by atoms with Gasteiger partial charge in [-0.05, 0) is 85.8 Å². The van der Waals surface area contributed by atoms with Crippen LogP contribution in [-0.4, -0.2) is 54.0 Å². The first-order chi connectivity index (χ1) is 18.4. The molecule has 0 radical (unpaired) electrons. The molecule has 1 fully saturated rings. The van der Waals surface area contributed by atoms with E-state index in [9.17, 15) is 10.2 Å². The summed E-state index contributed by atoms with van der Waals surface area (Å²) in [5.41, 5.74) is 5.97. The van der Waals surface area contributed by atoms with Gasteiger partial charge in [0.2, 0.25) is 0 Å². The molecular weight excluding hydrogens is 476 g/mol. The minimum Gasteiger partial charge on any atom is -0.508 e. The van der Waals surface area contributed by atoms with Gasteiger partial charge in [-0.2, -0.15) is 0 Å². The lowest BCUT2D eigenvalue weighted by molar-refractivity contribution is 0.169. The van der Waals surface area contributed by atoms with Gasteiger partial charge >= 0.3 is 0 Å². The Hall–Kier alpha value is -3.48. The summed E-state index contributed by atoms with van der Waals surface area (Å²) in [5, 5.41) is 22.6. The van der Waals surface area contributed by atoms with Crippen molar-refractivity contribution in [3.63, 3.8) is 0 Å². The predicted octanol–water partition coefficient (Wildman–Crippen LogP) is 5.97. The number of aliphatic hydroxyl groups is 1. The van der Waals surface area contributed by atoms with Crippen molar-refractivity contribution >= 4 is 16.8 Å². The molecule has 0 spiro atoms. The number of anilines is 1. The fourth-order valence-corrected chi connectivity index (χ4v) is 5.47. The molecule has 6 heteroatoms. The van der Waals surface area contributed by atoms with Gasteiger partial charge in [0, 0.05) is 42.0 Å². The highest BCUT2D eigenvalue weighted by molar-refractivity contribution is 5.96. The number of nitrogens with zero attached hydrogens (tertiary/aromatic N) is 1. The second-order valence-electron chi connectivity index (χ2n) is 10.6. The van der Waals surface area contributed by atoms with Crippen molar-refractivity contribution in [2.75, 3.05) is 38.2 Å². The molecule has 38 heavy (non-hydrogen) atoms. The Kier molecular flexibility index (Phi) is 7.91. The van der Waals surface area contributed by atoms with Crippen LogP contribution >= 0.6 is 0 Å². The molecule has 2 heterocycles. The van der Waals surface area contributed by atoms with E-state index in [0.717, 1.165) is 64.0 Å². The summed E-state index contributed by atoms with van der Waals surface area (Å²) in [4.78, 5) is 2.51. The van der Waals surface area contributed by atoms with Crippen LogP contribution < -0.4 is 14.8 Å². The third-order valence-corrected chi connectivity index (χ3v) is 7.65. The number of benzene rings is 3. The number of aromatic hydroxyl groups is 1. The van der Waals surface area contributed by atoms with Crippen LogP contribution in [0.15, 0.2) is 66.7 Å². The summed E-state index contributed by atoms with van der Waals surface area (Å²) in [6, 6.07) is 21.9. The minimum atomic E-state index is -0.351. The highest BCUT2D eigenvalue weighted by Gasteiger charge is 2.30. The molecule has 3 aromatic carbocycles. The lowest BCUT2D eigenvalue weighted by Crippen LogP contribution is -2.35. The highest BCUT2D eigenvalue weighted by Crippen LogP contribution is 2.47. The van der Waals surface area contributed by atoms with Crippen LogP contribution in [0.5, 0.6) is 17.2 Å². The van der Waals surface area contributed by atoms with Crippen LogP contribution in [0.2, 0.25) is 0 Å². The summed E-state index contributed by atoms with van der Waals surface area (Å²) in [7, 11) is 0. The van der Waals surface area contributed by atoms with Crippen molar-refractivity contribution in [1.29, 1.82) is 0 Å². The fourth-order valence-electron chi connectivity index (χ4n) is 5.47. The molecule has 0 bridgehead atoms. The molecule has 2 aliphatic heterocycles. The van der Waals surface area contributed by atoms with Crippen LogP contribution in [0.1, 0.15) is 50.0 Å². The van der Waals surface area contributed by atoms with Crippen molar-refractivity contribution in [2.45, 2.75) is 39.3 Å². The standard InChI is InChI=1S/C32H38N2O4/c1-21-13-15-34(19-21)22(2)20-37-28-10-7-24(8-11-28)32-31(25-5-4-6-27(36)17-25)23(3)29-12-9-26(33-14-16-35)18-30(29)38-32/h4-12,17-18,21-22,32-33,35-36H,13-16,19-20H2,1-3H3/t21-,22+,32?/m1/s1. The summed E-state index contributed by atoms with van der Waals surface area (Å²) in [6.07, 6.45) is 0.910. The predicted molar refractivity (Wildman–Crippen MR) is 153 cm³/mol. The van der Waals surface area contributed by atoms with Gasteiger partial charge in [-0.1, -0.05) is 31.2 Å². The Labute approximate surface area is 225 Å². The average molecular weight is 515 g/mol. The van der Waals surface area contributed by atoms with Crippen molar-refractivity contribution in [3.8, 4) is 17.2 Å². The quantitative estimate of drug-likeness (QED) is 0.327. The van der Waals surface area contributed by atoms with Gasteiger partial charge in [-0.15, -0.1) is 0 Å². The number of rotatable bonds is 9. The van der Waals surface area contributed by atoms with Crippen LogP contribution in [0.4, 0.5) is 5.69 Å². The lowest BCUT2D eigenvalue weighted by Gasteiger charge is -2.31. The Bertz CT molecular complexity index is 1290. The number of phenolic OH excluding ortho intramolecular Hbond substituents is 1. The smallest absolute Gasteiger partial charge is 0.150 e. The average Bonchev–Trinajstić information content (AvgIpc) is 3.37. The Morgan fingerprint density at radius 2 is 1.92 bits per heavy atom. The van der Waals surface area contributed by atoms with Crippen LogP contribution in [-0.2, 0) is 0 Å². The third-order valence-electron chi connectivity index (χ3n) is 7.65. The van der Waals surface area contributed by atoms with Crippen LogP contribution in [0.3, 0.4) is 0 Å². The number of nitrogens with one attached hydrogen (secondary N) is 1. The summed E-state index contributed by atoms with van der Waals surface area (Å²) < 4.78 is 12.8. The molecule has 0 saturated carbocycles. The summed E-state index contributed by atoms with van der Waals surface area (Å²) >= 11 is 0. The van der Waals surface area contributed by atoms with E-state index in [4.69, 9.17) is 9.47 Å². The lowest BCUT2D eigenvalue weighted by atomic mass is 9.86. The maximum absolute atomic E-state index is 10.2. The normalized spacial score (nSPS) is 20.1. The molecule has 3 aromatic rings. The van der Waals surface area contributed by atoms with Crippen molar-refractivity contribution in [1.82, 2.24) is 4.90 Å². The molecule has 0 amide bonds.